The van der Waals surface area contributed by atoms with Gasteiger partial charge in [-0.2, -0.15) is 11.8 Å². The molecule has 2 heterocycles. The lowest BCUT2D eigenvalue weighted by Crippen LogP contribution is -2.39. The number of amides is 1. The van der Waals surface area contributed by atoms with Crippen LogP contribution in [-0.4, -0.2) is 40.4 Å². The van der Waals surface area contributed by atoms with E-state index in [1.807, 2.05) is 29.7 Å². The zero-order chi connectivity index (χ0) is 13.8. The van der Waals surface area contributed by atoms with E-state index < -0.39 is 0 Å². The molecule has 1 amide bonds. The summed E-state index contributed by atoms with van der Waals surface area (Å²) in [7, 11) is 0. The number of carbonyl (C=O) groups excluding carboxylic acids is 1. The first-order chi connectivity index (χ1) is 9.13. The maximum absolute atomic E-state index is 12.4. The molecule has 1 aromatic heterocycles. The highest BCUT2D eigenvalue weighted by atomic mass is 35.5. The fourth-order valence-corrected chi connectivity index (χ4v) is 3.24. The van der Waals surface area contributed by atoms with Crippen LogP contribution in [0.25, 0.3) is 0 Å². The fourth-order valence-electron chi connectivity index (χ4n) is 2.33. The van der Waals surface area contributed by atoms with Gasteiger partial charge < -0.3 is 4.90 Å². The maximum Gasteiger partial charge on any atom is 0.254 e. The van der Waals surface area contributed by atoms with Crippen LogP contribution >= 0.6 is 23.4 Å². The van der Waals surface area contributed by atoms with Gasteiger partial charge in [-0.1, -0.05) is 18.5 Å². The van der Waals surface area contributed by atoms with Gasteiger partial charge in [0.1, 0.15) is 5.15 Å². The number of likely N-dealkylation sites (tertiary alicyclic amines) is 1. The Hall–Kier alpha value is -0.740. The first kappa shape index (κ1) is 14.7. The second-order valence-corrected chi connectivity index (χ2v) is 6.28. The van der Waals surface area contributed by atoms with Gasteiger partial charge in [0.15, 0.2) is 0 Å². The monoisotopic (exact) mass is 298 g/mol. The summed E-state index contributed by atoms with van der Waals surface area (Å²) in [6, 6.07) is 3.53. The highest BCUT2D eigenvalue weighted by Gasteiger charge is 2.23. The van der Waals surface area contributed by atoms with Gasteiger partial charge in [0.05, 0.1) is 0 Å². The number of hydrogen-bond acceptors (Lipinski definition) is 3. The minimum Gasteiger partial charge on any atom is -0.339 e. The van der Waals surface area contributed by atoms with Crippen molar-refractivity contribution in [2.45, 2.75) is 31.4 Å². The van der Waals surface area contributed by atoms with Crippen molar-refractivity contribution in [3.63, 3.8) is 0 Å². The number of carbonyl (C=O) groups is 1. The second kappa shape index (κ2) is 6.62. The molecular formula is C14H19ClN2OS. The van der Waals surface area contributed by atoms with Crippen molar-refractivity contribution in [3.05, 3.63) is 28.5 Å². The molecule has 1 aliphatic heterocycles. The quantitative estimate of drug-likeness (QED) is 0.803. The third kappa shape index (κ3) is 3.63. The minimum atomic E-state index is 0.0820. The minimum absolute atomic E-state index is 0.0820. The van der Waals surface area contributed by atoms with Gasteiger partial charge in [-0.25, -0.2) is 4.98 Å². The molecule has 5 heteroatoms. The number of piperidine rings is 1. The summed E-state index contributed by atoms with van der Waals surface area (Å²) >= 11 is 7.87. The zero-order valence-corrected chi connectivity index (χ0v) is 12.9. The number of thioether (sulfide) groups is 1. The predicted molar refractivity (Wildman–Crippen MR) is 81.1 cm³/mol. The average Bonchev–Trinajstić information content (AvgIpc) is 2.46. The summed E-state index contributed by atoms with van der Waals surface area (Å²) in [4.78, 5) is 18.6. The molecule has 0 N–H and O–H groups in total. The van der Waals surface area contributed by atoms with E-state index in [-0.39, 0.29) is 5.91 Å². The topological polar surface area (TPSA) is 33.2 Å². The first-order valence-electron chi connectivity index (χ1n) is 6.62. The van der Waals surface area contributed by atoms with E-state index in [1.165, 1.54) is 0 Å². The number of aromatic nitrogens is 1. The Morgan fingerprint density at radius 3 is 2.74 bits per heavy atom. The Kier molecular flexibility index (Phi) is 5.11. The summed E-state index contributed by atoms with van der Waals surface area (Å²) in [5, 5.41) is 1.10. The SMILES string of the molecule is CCc1cc(C(=O)N2CCC(SC)CC2)cc(Cl)n1. The van der Waals surface area contributed by atoms with Gasteiger partial charge >= 0.3 is 0 Å². The van der Waals surface area contributed by atoms with Crippen molar-refractivity contribution in [2.75, 3.05) is 19.3 Å². The van der Waals surface area contributed by atoms with Crippen LogP contribution in [0.2, 0.25) is 5.15 Å². The molecule has 1 aliphatic rings. The molecule has 0 saturated carbocycles. The molecule has 0 spiro atoms. The summed E-state index contributed by atoms with van der Waals surface area (Å²) < 4.78 is 0. The Morgan fingerprint density at radius 1 is 1.47 bits per heavy atom. The van der Waals surface area contributed by atoms with Crippen LogP contribution in [0.3, 0.4) is 0 Å². The summed E-state index contributed by atoms with van der Waals surface area (Å²) in [6.07, 6.45) is 5.08. The zero-order valence-electron chi connectivity index (χ0n) is 11.4. The number of halogens is 1. The third-order valence-corrected chi connectivity index (χ3v) is 4.85. The lowest BCUT2D eigenvalue weighted by molar-refractivity contribution is 0.0727. The van der Waals surface area contributed by atoms with Crippen molar-refractivity contribution in [2.24, 2.45) is 0 Å². The molecule has 0 aliphatic carbocycles. The molecule has 3 nitrogen and oxygen atoms in total. The summed E-state index contributed by atoms with van der Waals surface area (Å²) in [5.74, 6) is 0.0820. The number of rotatable bonds is 3. The maximum atomic E-state index is 12.4. The molecule has 0 radical (unpaired) electrons. The van der Waals surface area contributed by atoms with Crippen molar-refractivity contribution < 1.29 is 4.79 Å². The van der Waals surface area contributed by atoms with Crippen LogP contribution < -0.4 is 0 Å². The van der Waals surface area contributed by atoms with Gasteiger partial charge in [-0.3, -0.25) is 4.79 Å². The van der Waals surface area contributed by atoms with Gasteiger partial charge in [-0.15, -0.1) is 0 Å². The Balaban J connectivity index is 2.09. The van der Waals surface area contributed by atoms with Crippen molar-refractivity contribution in [1.29, 1.82) is 0 Å². The van der Waals surface area contributed by atoms with Crippen molar-refractivity contribution in [3.8, 4) is 0 Å². The largest absolute Gasteiger partial charge is 0.339 e. The van der Waals surface area contributed by atoms with E-state index in [2.05, 4.69) is 11.2 Å². The van der Waals surface area contributed by atoms with Crippen LogP contribution in [0.15, 0.2) is 12.1 Å². The smallest absolute Gasteiger partial charge is 0.254 e. The average molecular weight is 299 g/mol. The van der Waals surface area contributed by atoms with E-state index in [0.717, 1.165) is 38.0 Å². The van der Waals surface area contributed by atoms with Crippen LogP contribution in [0.4, 0.5) is 0 Å². The normalized spacial score (nSPS) is 16.7. The molecule has 19 heavy (non-hydrogen) atoms. The lowest BCUT2D eigenvalue weighted by atomic mass is 10.1. The molecule has 1 aromatic rings. The Bertz CT molecular complexity index is 459. The first-order valence-corrected chi connectivity index (χ1v) is 8.29. The van der Waals surface area contributed by atoms with Gasteiger partial charge in [0.25, 0.3) is 5.91 Å². The molecule has 0 atom stereocenters. The third-order valence-electron chi connectivity index (χ3n) is 3.52. The van der Waals surface area contributed by atoms with E-state index in [9.17, 15) is 4.79 Å². The van der Waals surface area contributed by atoms with Crippen LogP contribution in [0.1, 0.15) is 35.8 Å². The fraction of sp³-hybridized carbons (Fsp3) is 0.571. The van der Waals surface area contributed by atoms with Crippen LogP contribution in [0, 0.1) is 0 Å². The van der Waals surface area contributed by atoms with Gasteiger partial charge in [0.2, 0.25) is 0 Å². The van der Waals surface area contributed by atoms with Crippen LogP contribution in [0.5, 0.6) is 0 Å². The van der Waals surface area contributed by atoms with Crippen LogP contribution in [-0.2, 0) is 6.42 Å². The molecule has 0 unspecified atom stereocenters. The Labute approximate surface area is 123 Å². The molecule has 0 aromatic carbocycles. The molecule has 104 valence electrons. The molecule has 0 bridgehead atoms. The highest BCUT2D eigenvalue weighted by Crippen LogP contribution is 2.22. The molecular weight excluding hydrogens is 280 g/mol. The number of hydrogen-bond donors (Lipinski definition) is 0. The lowest BCUT2D eigenvalue weighted by Gasteiger charge is -2.31. The van der Waals surface area contributed by atoms with Crippen molar-refractivity contribution >= 4 is 29.3 Å². The Morgan fingerprint density at radius 2 is 2.16 bits per heavy atom. The number of nitrogens with zero attached hydrogens (tertiary/aromatic N) is 2. The van der Waals surface area contributed by atoms with E-state index in [4.69, 9.17) is 11.6 Å². The number of aryl methyl sites for hydroxylation is 1. The predicted octanol–water partition coefficient (Wildman–Crippen LogP) is 3.27. The van der Waals surface area contributed by atoms with E-state index >= 15 is 0 Å². The second-order valence-electron chi connectivity index (χ2n) is 4.75. The van der Waals surface area contributed by atoms with Crippen molar-refractivity contribution in [1.82, 2.24) is 9.88 Å². The van der Waals surface area contributed by atoms with Gasteiger partial charge in [0, 0.05) is 29.6 Å². The molecule has 1 saturated heterocycles. The van der Waals surface area contributed by atoms with E-state index in [1.54, 1.807) is 6.07 Å². The highest BCUT2D eigenvalue weighted by molar-refractivity contribution is 7.99. The molecule has 2 rings (SSSR count). The summed E-state index contributed by atoms with van der Waals surface area (Å²) in [6.45, 7) is 3.69. The van der Waals surface area contributed by atoms with Gasteiger partial charge in [-0.05, 0) is 37.7 Å². The molecule has 1 fully saturated rings. The summed E-state index contributed by atoms with van der Waals surface area (Å²) in [5.41, 5.74) is 1.54. The standard InChI is InChI=1S/C14H19ClN2OS/c1-3-11-8-10(9-13(15)16-11)14(18)17-6-4-12(19-2)5-7-17/h8-9,12H,3-7H2,1-2H3. The van der Waals surface area contributed by atoms with E-state index in [0.29, 0.717) is 16.0 Å². The number of pyridine rings is 1.